The first kappa shape index (κ1) is 15.4. The smallest absolute Gasteiger partial charge is 0.249 e. The molecule has 0 aliphatic heterocycles. The number of nitrogens with zero attached hydrogens (tertiary/aromatic N) is 1. The highest BCUT2D eigenvalue weighted by atomic mass is 19.1. The summed E-state index contributed by atoms with van der Waals surface area (Å²) in [5.74, 6) is -0.870. The lowest BCUT2D eigenvalue weighted by atomic mass is 10.1. The Morgan fingerprint density at radius 1 is 1.20 bits per heavy atom. The van der Waals surface area contributed by atoms with E-state index < -0.39 is 5.91 Å². The molecule has 4 rings (SSSR count). The molecule has 123 valence electrons. The van der Waals surface area contributed by atoms with Crippen LogP contribution in [-0.2, 0) is 6.54 Å². The van der Waals surface area contributed by atoms with Crippen LogP contribution >= 0.6 is 0 Å². The molecule has 1 aromatic heterocycles. The highest BCUT2D eigenvalue weighted by Crippen LogP contribution is 2.33. The van der Waals surface area contributed by atoms with Gasteiger partial charge in [-0.15, -0.1) is 0 Å². The number of aryl methyl sites for hydroxylation is 1. The number of fused-ring (bicyclic) bond motifs is 3. The molecule has 2 N–H and O–H groups in total. The number of carbonyl (C=O) groups is 1. The van der Waals surface area contributed by atoms with Crippen LogP contribution in [0.25, 0.3) is 21.8 Å². The number of carbonyl (C=O) groups excluding carboxylic acids is 1. The van der Waals surface area contributed by atoms with E-state index in [0.717, 1.165) is 16.6 Å². The van der Waals surface area contributed by atoms with E-state index in [2.05, 4.69) is 12.1 Å². The molecular formula is C21H16FN2O. The first-order valence-corrected chi connectivity index (χ1v) is 8.02. The van der Waals surface area contributed by atoms with Gasteiger partial charge in [0.1, 0.15) is 5.82 Å². The van der Waals surface area contributed by atoms with Crippen LogP contribution in [0, 0.1) is 18.8 Å². The Kier molecular flexibility index (Phi) is 3.53. The lowest BCUT2D eigenvalue weighted by Crippen LogP contribution is -2.11. The molecule has 0 saturated heterocycles. The lowest BCUT2D eigenvalue weighted by molar-refractivity contribution is 0.100. The SMILES string of the molecule is Cc1cccc(Cn2c3cccc(C(N)=O)c3c3[c]ccc(F)c32)c1. The average molecular weight is 331 g/mol. The number of hydrogen-bond donors (Lipinski definition) is 1. The van der Waals surface area contributed by atoms with Gasteiger partial charge in [0.2, 0.25) is 5.91 Å². The molecule has 4 aromatic rings. The summed E-state index contributed by atoms with van der Waals surface area (Å²) in [5.41, 5.74) is 9.33. The Bertz CT molecular complexity index is 1130. The zero-order chi connectivity index (χ0) is 17.6. The van der Waals surface area contributed by atoms with Crippen molar-refractivity contribution in [1.82, 2.24) is 4.57 Å². The monoisotopic (exact) mass is 331 g/mol. The van der Waals surface area contributed by atoms with Gasteiger partial charge in [0, 0.05) is 22.9 Å². The third-order valence-corrected chi connectivity index (χ3v) is 4.46. The summed E-state index contributed by atoms with van der Waals surface area (Å²) >= 11 is 0. The second-order valence-electron chi connectivity index (χ2n) is 6.19. The largest absolute Gasteiger partial charge is 0.366 e. The summed E-state index contributed by atoms with van der Waals surface area (Å²) in [4.78, 5) is 11.9. The molecule has 4 heteroatoms. The van der Waals surface area contributed by atoms with Crippen LogP contribution in [0.1, 0.15) is 21.5 Å². The molecule has 1 heterocycles. The maximum absolute atomic E-state index is 14.6. The second kappa shape index (κ2) is 5.74. The maximum Gasteiger partial charge on any atom is 0.249 e. The van der Waals surface area contributed by atoms with Crippen molar-refractivity contribution < 1.29 is 9.18 Å². The molecule has 3 aromatic carbocycles. The first-order valence-electron chi connectivity index (χ1n) is 8.02. The lowest BCUT2D eigenvalue weighted by Gasteiger charge is -2.09. The van der Waals surface area contributed by atoms with Crippen molar-refractivity contribution in [2.24, 2.45) is 5.73 Å². The van der Waals surface area contributed by atoms with Crippen LogP contribution in [-0.4, -0.2) is 10.5 Å². The third kappa shape index (κ3) is 2.47. The molecule has 25 heavy (non-hydrogen) atoms. The normalized spacial score (nSPS) is 11.3. The molecule has 0 aliphatic carbocycles. The van der Waals surface area contributed by atoms with Gasteiger partial charge in [0.25, 0.3) is 0 Å². The summed E-state index contributed by atoms with van der Waals surface area (Å²) in [6.45, 7) is 2.52. The number of halogens is 1. The van der Waals surface area contributed by atoms with E-state index in [9.17, 15) is 9.18 Å². The number of amides is 1. The van der Waals surface area contributed by atoms with E-state index in [1.165, 1.54) is 12.1 Å². The summed E-state index contributed by atoms with van der Waals surface area (Å²) < 4.78 is 16.5. The fraction of sp³-hybridized carbons (Fsp3) is 0.0952. The summed E-state index contributed by atoms with van der Waals surface area (Å²) in [5, 5.41) is 1.23. The summed E-state index contributed by atoms with van der Waals surface area (Å²) in [6, 6.07) is 19.4. The van der Waals surface area contributed by atoms with Gasteiger partial charge in [-0.3, -0.25) is 4.79 Å². The van der Waals surface area contributed by atoms with Gasteiger partial charge in [-0.2, -0.15) is 0 Å². The van der Waals surface area contributed by atoms with Gasteiger partial charge in [0.15, 0.2) is 0 Å². The van der Waals surface area contributed by atoms with Gasteiger partial charge in [-0.1, -0.05) is 42.0 Å². The van der Waals surface area contributed by atoms with Crippen molar-refractivity contribution in [3.63, 3.8) is 0 Å². The van der Waals surface area contributed by atoms with Crippen molar-refractivity contribution in [2.75, 3.05) is 0 Å². The van der Waals surface area contributed by atoms with Crippen LogP contribution < -0.4 is 5.73 Å². The number of aromatic nitrogens is 1. The Morgan fingerprint density at radius 2 is 2.00 bits per heavy atom. The van der Waals surface area contributed by atoms with Gasteiger partial charge in [-0.25, -0.2) is 4.39 Å². The highest BCUT2D eigenvalue weighted by molar-refractivity contribution is 6.17. The van der Waals surface area contributed by atoms with E-state index in [4.69, 9.17) is 5.73 Å². The first-order chi connectivity index (χ1) is 12.1. The van der Waals surface area contributed by atoms with Crippen LogP contribution in [0.2, 0.25) is 0 Å². The molecule has 0 bridgehead atoms. The molecule has 0 spiro atoms. The fourth-order valence-corrected chi connectivity index (χ4v) is 3.43. The van der Waals surface area contributed by atoms with Crippen LogP contribution in [0.3, 0.4) is 0 Å². The summed E-state index contributed by atoms with van der Waals surface area (Å²) in [7, 11) is 0. The minimum Gasteiger partial charge on any atom is -0.366 e. The van der Waals surface area contributed by atoms with Crippen molar-refractivity contribution in [3.8, 4) is 0 Å². The molecule has 0 aliphatic rings. The predicted molar refractivity (Wildman–Crippen MR) is 97.0 cm³/mol. The van der Waals surface area contributed by atoms with Crippen molar-refractivity contribution in [3.05, 3.63) is 83.2 Å². The van der Waals surface area contributed by atoms with Gasteiger partial charge >= 0.3 is 0 Å². The quantitative estimate of drug-likeness (QED) is 0.601. The minimum absolute atomic E-state index is 0.340. The maximum atomic E-state index is 14.6. The van der Waals surface area contributed by atoms with Crippen molar-refractivity contribution >= 4 is 27.7 Å². The average Bonchev–Trinajstić information content (AvgIpc) is 2.90. The zero-order valence-corrected chi connectivity index (χ0v) is 13.7. The standard InChI is InChI=1S/C21H16FN2O/c1-13-5-2-6-14(11-13)12-24-18-10-4-8-16(21(23)25)19(18)15-7-3-9-17(22)20(15)24/h2-6,8-11H,12H2,1H3,(H2,23,25). The Labute approximate surface area is 144 Å². The number of primary amides is 1. The molecule has 0 unspecified atom stereocenters. The van der Waals surface area contributed by atoms with Crippen LogP contribution in [0.5, 0.6) is 0 Å². The minimum atomic E-state index is -0.530. The molecule has 3 nitrogen and oxygen atoms in total. The third-order valence-electron chi connectivity index (χ3n) is 4.46. The van der Waals surface area contributed by atoms with E-state index in [0.29, 0.717) is 28.4 Å². The molecule has 1 radical (unpaired) electrons. The van der Waals surface area contributed by atoms with E-state index in [1.54, 1.807) is 12.1 Å². The number of hydrogen-bond acceptors (Lipinski definition) is 1. The van der Waals surface area contributed by atoms with Crippen molar-refractivity contribution in [2.45, 2.75) is 13.5 Å². The highest BCUT2D eigenvalue weighted by Gasteiger charge is 2.18. The topological polar surface area (TPSA) is 48.0 Å². The molecule has 0 atom stereocenters. The predicted octanol–water partition coefficient (Wildman–Crippen LogP) is 4.19. The van der Waals surface area contributed by atoms with Crippen molar-refractivity contribution in [1.29, 1.82) is 0 Å². The van der Waals surface area contributed by atoms with Gasteiger partial charge in [0.05, 0.1) is 11.0 Å². The van der Waals surface area contributed by atoms with E-state index in [1.807, 2.05) is 35.8 Å². The van der Waals surface area contributed by atoms with Crippen LogP contribution in [0.15, 0.2) is 54.6 Å². The summed E-state index contributed by atoms with van der Waals surface area (Å²) in [6.07, 6.45) is 0. The number of benzene rings is 3. The fourth-order valence-electron chi connectivity index (χ4n) is 3.43. The van der Waals surface area contributed by atoms with E-state index in [-0.39, 0.29) is 5.82 Å². The molecular weight excluding hydrogens is 315 g/mol. The van der Waals surface area contributed by atoms with Crippen LogP contribution in [0.4, 0.5) is 4.39 Å². The molecule has 1 amide bonds. The Hall–Kier alpha value is -3.14. The van der Waals surface area contributed by atoms with E-state index >= 15 is 0 Å². The number of rotatable bonds is 3. The molecule has 0 fully saturated rings. The zero-order valence-electron chi connectivity index (χ0n) is 13.7. The van der Waals surface area contributed by atoms with Gasteiger partial charge in [-0.05, 0) is 36.8 Å². The Balaban J connectivity index is 2.08. The molecule has 0 saturated carbocycles. The second-order valence-corrected chi connectivity index (χ2v) is 6.19. The number of nitrogens with two attached hydrogens (primary N) is 1. The van der Waals surface area contributed by atoms with Gasteiger partial charge < -0.3 is 10.3 Å². The Morgan fingerprint density at radius 3 is 2.76 bits per heavy atom.